The summed E-state index contributed by atoms with van der Waals surface area (Å²) in [6.45, 7) is 11.6. The van der Waals surface area contributed by atoms with Gasteiger partial charge in [0.1, 0.15) is 21.2 Å². The fraction of sp³-hybridized carbons (Fsp3) is 0.529. The van der Waals surface area contributed by atoms with Crippen molar-refractivity contribution in [3.63, 3.8) is 0 Å². The first-order valence-corrected chi connectivity index (χ1v) is 9.57. The van der Waals surface area contributed by atoms with E-state index in [1.807, 2.05) is 20.8 Å². The molecule has 1 N–H and O–H groups in total. The van der Waals surface area contributed by atoms with Crippen molar-refractivity contribution in [2.75, 3.05) is 5.75 Å². The van der Waals surface area contributed by atoms with E-state index in [0.29, 0.717) is 5.82 Å². The number of hydrogen-bond donors (Lipinski definition) is 1. The molecule has 0 aromatic carbocycles. The van der Waals surface area contributed by atoms with Crippen LogP contribution in [0.2, 0.25) is 0 Å². The Bertz CT molecular complexity index is 822. The Morgan fingerprint density at radius 1 is 1.38 bits per heavy atom. The third kappa shape index (κ3) is 3.70. The minimum absolute atomic E-state index is 0.0335. The number of hydrogen-bond acceptors (Lipinski definition) is 6. The van der Waals surface area contributed by atoms with Crippen molar-refractivity contribution in [2.45, 2.75) is 52.1 Å². The van der Waals surface area contributed by atoms with Crippen LogP contribution in [0.15, 0.2) is 5.03 Å². The van der Waals surface area contributed by atoms with Crippen LogP contribution < -0.4 is 5.32 Å². The molecule has 2 aromatic rings. The fourth-order valence-corrected chi connectivity index (χ4v) is 4.25. The lowest BCUT2D eigenvalue weighted by atomic mass is 9.90. The van der Waals surface area contributed by atoms with E-state index < -0.39 is 5.54 Å². The number of aryl methyl sites for hydroxylation is 3. The minimum Gasteiger partial charge on any atom is -0.337 e. The van der Waals surface area contributed by atoms with Crippen molar-refractivity contribution in [1.29, 1.82) is 5.26 Å². The van der Waals surface area contributed by atoms with E-state index in [1.165, 1.54) is 22.2 Å². The Morgan fingerprint density at radius 2 is 2.04 bits per heavy atom. The van der Waals surface area contributed by atoms with Gasteiger partial charge in [-0.2, -0.15) is 5.26 Å². The van der Waals surface area contributed by atoms with E-state index in [9.17, 15) is 10.1 Å². The molecule has 24 heavy (non-hydrogen) atoms. The average Bonchev–Trinajstić information content (AvgIpc) is 2.79. The van der Waals surface area contributed by atoms with E-state index in [1.54, 1.807) is 18.3 Å². The molecule has 0 aliphatic heterocycles. The highest BCUT2D eigenvalue weighted by molar-refractivity contribution is 8.00. The maximum absolute atomic E-state index is 12.3. The summed E-state index contributed by atoms with van der Waals surface area (Å²) in [5.74, 6) is 0.804. The molecule has 2 rings (SSSR count). The summed E-state index contributed by atoms with van der Waals surface area (Å²) in [6, 6.07) is 2.19. The zero-order valence-electron chi connectivity index (χ0n) is 14.9. The molecule has 5 nitrogen and oxygen atoms in total. The summed E-state index contributed by atoms with van der Waals surface area (Å²) in [5, 5.41) is 14.0. The van der Waals surface area contributed by atoms with Gasteiger partial charge in [0.25, 0.3) is 0 Å². The fourth-order valence-electron chi connectivity index (χ4n) is 2.18. The number of aromatic nitrogens is 2. The minimum atomic E-state index is -0.858. The summed E-state index contributed by atoms with van der Waals surface area (Å²) in [4.78, 5) is 23.5. The van der Waals surface area contributed by atoms with E-state index >= 15 is 0 Å². The molecule has 0 radical (unpaired) electrons. The van der Waals surface area contributed by atoms with Gasteiger partial charge in [0, 0.05) is 10.3 Å². The second kappa shape index (κ2) is 7.08. The van der Waals surface area contributed by atoms with Crippen molar-refractivity contribution in [1.82, 2.24) is 15.3 Å². The van der Waals surface area contributed by atoms with Crippen LogP contribution in [0, 0.1) is 38.0 Å². The molecule has 0 fully saturated rings. The first kappa shape index (κ1) is 18.7. The Kier molecular flexibility index (Phi) is 5.51. The largest absolute Gasteiger partial charge is 0.337 e. The molecule has 0 spiro atoms. The molecule has 0 aliphatic carbocycles. The molecule has 2 aromatic heterocycles. The molecule has 7 heteroatoms. The van der Waals surface area contributed by atoms with Crippen LogP contribution in [0.4, 0.5) is 0 Å². The lowest BCUT2D eigenvalue weighted by Gasteiger charge is -2.27. The number of carbonyl (C=O) groups is 1. The van der Waals surface area contributed by atoms with Crippen LogP contribution in [0.1, 0.15) is 37.0 Å². The molecule has 0 unspecified atom stereocenters. The number of nitrogens with zero attached hydrogens (tertiary/aromatic N) is 3. The van der Waals surface area contributed by atoms with Crippen molar-refractivity contribution < 1.29 is 4.79 Å². The molecular weight excluding hydrogens is 340 g/mol. The zero-order valence-corrected chi connectivity index (χ0v) is 16.5. The third-order valence-electron chi connectivity index (χ3n) is 4.23. The molecule has 2 heterocycles. The highest BCUT2D eigenvalue weighted by Crippen LogP contribution is 2.35. The normalized spacial score (nSPS) is 13.8. The van der Waals surface area contributed by atoms with Gasteiger partial charge in [-0.15, -0.1) is 11.3 Å². The van der Waals surface area contributed by atoms with Crippen molar-refractivity contribution >= 4 is 39.2 Å². The number of carbonyl (C=O) groups excluding carboxylic acids is 1. The van der Waals surface area contributed by atoms with Crippen LogP contribution in [-0.4, -0.2) is 27.2 Å². The molecule has 0 aliphatic rings. The van der Waals surface area contributed by atoms with Crippen molar-refractivity contribution in [3.05, 3.63) is 16.3 Å². The number of amides is 1. The molecule has 1 atom stereocenters. The van der Waals surface area contributed by atoms with E-state index in [-0.39, 0.29) is 17.6 Å². The second-order valence-electron chi connectivity index (χ2n) is 6.35. The Morgan fingerprint density at radius 3 is 2.62 bits per heavy atom. The summed E-state index contributed by atoms with van der Waals surface area (Å²) >= 11 is 3.05. The number of thioether (sulfide) groups is 1. The predicted molar refractivity (Wildman–Crippen MR) is 99.3 cm³/mol. The van der Waals surface area contributed by atoms with Crippen LogP contribution in [0.3, 0.4) is 0 Å². The molecule has 0 bridgehead atoms. The number of nitrogens with one attached hydrogen (secondary N) is 1. The van der Waals surface area contributed by atoms with Gasteiger partial charge >= 0.3 is 0 Å². The number of thiophene rings is 1. The molecule has 0 saturated heterocycles. The van der Waals surface area contributed by atoms with Gasteiger partial charge < -0.3 is 5.32 Å². The maximum Gasteiger partial charge on any atom is 0.231 e. The molecule has 1 amide bonds. The monoisotopic (exact) mass is 362 g/mol. The average molecular weight is 363 g/mol. The van der Waals surface area contributed by atoms with Crippen LogP contribution >= 0.6 is 23.1 Å². The molecule has 128 valence electrons. The van der Waals surface area contributed by atoms with Gasteiger partial charge in [0.05, 0.1) is 11.8 Å². The third-order valence-corrected chi connectivity index (χ3v) is 6.31. The Hall–Kier alpha value is -1.65. The smallest absolute Gasteiger partial charge is 0.231 e. The Labute approximate surface area is 150 Å². The summed E-state index contributed by atoms with van der Waals surface area (Å²) in [5.41, 5.74) is 0.311. The Balaban J connectivity index is 2.19. The second-order valence-corrected chi connectivity index (χ2v) is 8.51. The first-order chi connectivity index (χ1) is 11.2. The van der Waals surface area contributed by atoms with Crippen molar-refractivity contribution in [3.8, 4) is 6.07 Å². The maximum atomic E-state index is 12.3. The molecular formula is C17H22N4OS2. The quantitative estimate of drug-likeness (QED) is 0.647. The van der Waals surface area contributed by atoms with Crippen LogP contribution in [-0.2, 0) is 4.79 Å². The highest BCUT2D eigenvalue weighted by Gasteiger charge is 2.30. The SMILES string of the molecule is Cc1nc(SCC(=O)N[C@@](C)(C#N)C(C)C)c2c(C)c(C)sc2n1. The van der Waals surface area contributed by atoms with Gasteiger partial charge in [-0.3, -0.25) is 4.79 Å². The van der Waals surface area contributed by atoms with Crippen molar-refractivity contribution in [2.24, 2.45) is 5.92 Å². The molecule has 0 saturated carbocycles. The first-order valence-electron chi connectivity index (χ1n) is 7.77. The van der Waals surface area contributed by atoms with Gasteiger partial charge in [-0.25, -0.2) is 9.97 Å². The number of fused-ring (bicyclic) bond motifs is 1. The van der Waals surface area contributed by atoms with Gasteiger partial charge in [-0.05, 0) is 39.2 Å². The highest BCUT2D eigenvalue weighted by atomic mass is 32.2. The standard InChI is InChI=1S/C17H22N4OS2/c1-9(2)17(6,8-18)21-13(22)7-23-15-14-10(3)11(4)24-16(14)20-12(5)19-15/h9H,7H2,1-6H3,(H,21,22)/t17-/m0/s1. The van der Waals surface area contributed by atoms with E-state index in [4.69, 9.17) is 0 Å². The van der Waals surface area contributed by atoms with Crippen LogP contribution in [0.25, 0.3) is 10.2 Å². The van der Waals surface area contributed by atoms with E-state index in [2.05, 4.69) is 35.2 Å². The predicted octanol–water partition coefficient (Wildman–Crippen LogP) is 3.76. The lowest BCUT2D eigenvalue weighted by Crippen LogP contribution is -2.49. The van der Waals surface area contributed by atoms with Crippen LogP contribution in [0.5, 0.6) is 0 Å². The van der Waals surface area contributed by atoms with E-state index in [0.717, 1.165) is 15.2 Å². The zero-order chi connectivity index (χ0) is 18.1. The summed E-state index contributed by atoms with van der Waals surface area (Å²) in [6.07, 6.45) is 0. The summed E-state index contributed by atoms with van der Waals surface area (Å²) in [7, 11) is 0. The van der Waals surface area contributed by atoms with Gasteiger partial charge in [0.2, 0.25) is 5.91 Å². The van der Waals surface area contributed by atoms with Gasteiger partial charge in [-0.1, -0.05) is 25.6 Å². The van der Waals surface area contributed by atoms with Gasteiger partial charge in [0.15, 0.2) is 0 Å². The number of rotatable bonds is 5. The number of nitriles is 1. The lowest BCUT2D eigenvalue weighted by molar-refractivity contribution is -0.120. The topological polar surface area (TPSA) is 78.7 Å². The summed E-state index contributed by atoms with van der Waals surface area (Å²) < 4.78 is 0.